The largest absolute Gasteiger partial charge is 0.381 e. The van der Waals surface area contributed by atoms with Gasteiger partial charge in [-0.3, -0.25) is 0 Å². The first kappa shape index (κ1) is 14.8. The Morgan fingerprint density at radius 1 is 1.32 bits per heavy atom. The fourth-order valence-corrected chi connectivity index (χ4v) is 3.12. The minimum absolute atomic E-state index is 0.405. The van der Waals surface area contributed by atoms with Gasteiger partial charge in [-0.2, -0.15) is 0 Å². The Bertz CT molecular complexity index is 388. The topological polar surface area (TPSA) is 21.3 Å². The Morgan fingerprint density at radius 3 is 2.63 bits per heavy atom. The molecule has 1 aromatic rings. The zero-order valence-electron chi connectivity index (χ0n) is 11.9. The van der Waals surface area contributed by atoms with Crippen LogP contribution < -0.4 is 5.32 Å². The van der Waals surface area contributed by atoms with Crippen molar-refractivity contribution < 1.29 is 4.74 Å². The smallest absolute Gasteiger partial charge is 0.0572 e. The van der Waals surface area contributed by atoms with E-state index in [4.69, 9.17) is 16.3 Å². The van der Waals surface area contributed by atoms with E-state index in [0.717, 1.165) is 11.4 Å². The normalized spacial score (nSPS) is 25.2. The number of benzene rings is 1. The van der Waals surface area contributed by atoms with Gasteiger partial charge in [0, 0.05) is 24.2 Å². The van der Waals surface area contributed by atoms with Crippen LogP contribution in [-0.2, 0) is 4.74 Å². The Kier molecular flexibility index (Phi) is 5.68. The quantitative estimate of drug-likeness (QED) is 0.867. The second kappa shape index (κ2) is 7.28. The summed E-state index contributed by atoms with van der Waals surface area (Å²) in [7, 11) is 1.82. The molecular weight excluding hydrogens is 258 g/mol. The number of ether oxygens (including phenoxy) is 1. The van der Waals surface area contributed by atoms with Gasteiger partial charge in [0.2, 0.25) is 0 Å². The van der Waals surface area contributed by atoms with Gasteiger partial charge in [-0.05, 0) is 49.8 Å². The molecule has 0 saturated heterocycles. The molecule has 0 amide bonds. The molecule has 0 aromatic heterocycles. The van der Waals surface area contributed by atoms with Crippen molar-refractivity contribution in [3.63, 3.8) is 0 Å². The van der Waals surface area contributed by atoms with Crippen molar-refractivity contribution in [2.45, 2.75) is 57.2 Å². The van der Waals surface area contributed by atoms with Crippen LogP contribution in [0.2, 0.25) is 5.02 Å². The first-order chi connectivity index (χ1) is 9.22. The highest BCUT2D eigenvalue weighted by Gasteiger charge is 2.23. The fraction of sp³-hybridized carbons (Fsp3) is 0.625. The van der Waals surface area contributed by atoms with E-state index in [1.807, 2.05) is 19.2 Å². The van der Waals surface area contributed by atoms with Crippen LogP contribution in [0.15, 0.2) is 24.3 Å². The van der Waals surface area contributed by atoms with E-state index in [1.165, 1.54) is 31.2 Å². The number of rotatable bonds is 5. The summed E-state index contributed by atoms with van der Waals surface area (Å²) >= 11 is 6.08. The maximum atomic E-state index is 6.08. The van der Waals surface area contributed by atoms with Gasteiger partial charge in [-0.25, -0.2) is 0 Å². The molecule has 1 aromatic carbocycles. The van der Waals surface area contributed by atoms with Crippen molar-refractivity contribution in [2.24, 2.45) is 0 Å². The Morgan fingerprint density at radius 2 is 2.05 bits per heavy atom. The Hall–Kier alpha value is -0.570. The highest BCUT2D eigenvalue weighted by Crippen LogP contribution is 2.26. The molecule has 0 bridgehead atoms. The monoisotopic (exact) mass is 281 g/mol. The average Bonchev–Trinajstić information content (AvgIpc) is 2.45. The highest BCUT2D eigenvalue weighted by atomic mass is 35.5. The molecule has 1 atom stereocenters. The van der Waals surface area contributed by atoms with Gasteiger partial charge < -0.3 is 10.1 Å². The van der Waals surface area contributed by atoms with Crippen LogP contribution in [0, 0.1) is 0 Å². The molecule has 19 heavy (non-hydrogen) atoms. The van der Waals surface area contributed by atoms with Crippen molar-refractivity contribution >= 4 is 11.6 Å². The van der Waals surface area contributed by atoms with Gasteiger partial charge >= 0.3 is 0 Å². The van der Waals surface area contributed by atoms with Crippen molar-refractivity contribution in [1.82, 2.24) is 5.32 Å². The number of hydrogen-bond acceptors (Lipinski definition) is 2. The van der Waals surface area contributed by atoms with Gasteiger partial charge in [0.25, 0.3) is 0 Å². The molecule has 106 valence electrons. The summed E-state index contributed by atoms with van der Waals surface area (Å²) < 4.78 is 5.43. The van der Waals surface area contributed by atoms with Crippen LogP contribution in [-0.4, -0.2) is 19.3 Å². The minimum Gasteiger partial charge on any atom is -0.381 e. The van der Waals surface area contributed by atoms with E-state index in [2.05, 4.69) is 24.4 Å². The lowest BCUT2D eigenvalue weighted by Crippen LogP contribution is -2.37. The maximum absolute atomic E-state index is 6.08. The maximum Gasteiger partial charge on any atom is 0.0572 e. The molecule has 0 aliphatic heterocycles. The number of halogens is 1. The molecule has 3 heteroatoms. The molecule has 1 N–H and O–H groups in total. The van der Waals surface area contributed by atoms with Crippen molar-refractivity contribution in [3.8, 4) is 0 Å². The predicted molar refractivity (Wildman–Crippen MR) is 80.7 cm³/mol. The Labute approximate surface area is 121 Å². The third kappa shape index (κ3) is 4.20. The Balaban J connectivity index is 1.93. The van der Waals surface area contributed by atoms with Gasteiger partial charge in [0.05, 0.1) is 6.10 Å². The third-order valence-electron chi connectivity index (χ3n) is 4.10. The van der Waals surface area contributed by atoms with Gasteiger partial charge in [0.1, 0.15) is 0 Å². The summed E-state index contributed by atoms with van der Waals surface area (Å²) in [5, 5.41) is 4.60. The van der Waals surface area contributed by atoms with Crippen LogP contribution in [0.3, 0.4) is 0 Å². The van der Waals surface area contributed by atoms with E-state index in [9.17, 15) is 0 Å². The zero-order chi connectivity index (χ0) is 13.7. The van der Waals surface area contributed by atoms with Crippen LogP contribution in [0.5, 0.6) is 0 Å². The fourth-order valence-electron chi connectivity index (χ4n) is 2.92. The molecule has 2 rings (SSSR count). The summed E-state index contributed by atoms with van der Waals surface area (Å²) in [6, 6.07) is 9.21. The number of nitrogens with one attached hydrogen (secondary N) is 1. The summed E-state index contributed by atoms with van der Waals surface area (Å²) in [6.45, 7) is 2.22. The molecule has 1 aliphatic rings. The average molecular weight is 282 g/mol. The van der Waals surface area contributed by atoms with Crippen LogP contribution in [0.4, 0.5) is 0 Å². The lowest BCUT2D eigenvalue weighted by atomic mass is 9.91. The molecular formula is C16H24ClNO. The van der Waals surface area contributed by atoms with E-state index < -0.39 is 0 Å². The molecule has 0 spiro atoms. The zero-order valence-corrected chi connectivity index (χ0v) is 12.6. The van der Waals surface area contributed by atoms with E-state index in [-0.39, 0.29) is 0 Å². The van der Waals surface area contributed by atoms with E-state index >= 15 is 0 Å². The molecule has 1 saturated carbocycles. The molecule has 0 heterocycles. The molecule has 1 unspecified atom stereocenters. The van der Waals surface area contributed by atoms with Gasteiger partial charge in [-0.15, -0.1) is 0 Å². The van der Waals surface area contributed by atoms with Crippen molar-refractivity contribution in [3.05, 3.63) is 34.9 Å². The summed E-state index contributed by atoms with van der Waals surface area (Å²) in [5.41, 5.74) is 1.30. The molecule has 2 nitrogen and oxygen atoms in total. The number of hydrogen-bond donors (Lipinski definition) is 1. The SMILES string of the molecule is CCC(NC1CCC(OC)CC1)c1cccc(Cl)c1. The van der Waals surface area contributed by atoms with Gasteiger partial charge in [-0.1, -0.05) is 30.7 Å². The first-order valence-corrected chi connectivity index (χ1v) is 7.65. The molecule has 0 radical (unpaired) electrons. The second-order valence-corrected chi connectivity index (χ2v) is 5.83. The predicted octanol–water partition coefficient (Wildman–Crippen LogP) is 4.34. The van der Waals surface area contributed by atoms with Crippen molar-refractivity contribution in [1.29, 1.82) is 0 Å². The molecule has 1 fully saturated rings. The highest BCUT2D eigenvalue weighted by molar-refractivity contribution is 6.30. The third-order valence-corrected chi connectivity index (χ3v) is 4.34. The lowest BCUT2D eigenvalue weighted by molar-refractivity contribution is 0.0610. The standard InChI is InChI=1S/C16H24ClNO/c1-3-16(12-5-4-6-13(17)11-12)18-14-7-9-15(19-2)10-8-14/h4-6,11,14-16,18H,3,7-10H2,1-2H3. The summed E-state index contributed by atoms with van der Waals surface area (Å²) in [5.74, 6) is 0. The van der Waals surface area contributed by atoms with E-state index in [0.29, 0.717) is 18.2 Å². The van der Waals surface area contributed by atoms with Crippen LogP contribution in [0.1, 0.15) is 50.6 Å². The summed E-state index contributed by atoms with van der Waals surface area (Å²) in [6.07, 6.45) is 6.29. The second-order valence-electron chi connectivity index (χ2n) is 5.39. The number of methoxy groups -OCH3 is 1. The van der Waals surface area contributed by atoms with Gasteiger partial charge in [0.15, 0.2) is 0 Å². The van der Waals surface area contributed by atoms with Crippen LogP contribution >= 0.6 is 11.6 Å². The van der Waals surface area contributed by atoms with Crippen molar-refractivity contribution in [2.75, 3.05) is 7.11 Å². The lowest BCUT2D eigenvalue weighted by Gasteiger charge is -2.31. The van der Waals surface area contributed by atoms with Crippen LogP contribution in [0.25, 0.3) is 0 Å². The minimum atomic E-state index is 0.405. The summed E-state index contributed by atoms with van der Waals surface area (Å²) in [4.78, 5) is 0. The first-order valence-electron chi connectivity index (χ1n) is 7.27. The van der Waals surface area contributed by atoms with E-state index in [1.54, 1.807) is 0 Å². The molecule has 1 aliphatic carbocycles.